The third-order valence-electron chi connectivity index (χ3n) is 5.31. The fraction of sp³-hybridized carbons (Fsp3) is 1.00. The molecule has 2 fully saturated rings. The van der Waals surface area contributed by atoms with Gasteiger partial charge in [0.15, 0.2) is 0 Å². The van der Waals surface area contributed by atoms with Gasteiger partial charge in [0.25, 0.3) is 0 Å². The highest BCUT2D eigenvalue weighted by molar-refractivity contribution is 4.92. The van der Waals surface area contributed by atoms with Crippen molar-refractivity contribution < 1.29 is 5.11 Å². The second-order valence-corrected chi connectivity index (χ2v) is 7.66. The van der Waals surface area contributed by atoms with E-state index >= 15 is 0 Å². The zero-order chi connectivity index (χ0) is 13.3. The zero-order valence-electron chi connectivity index (χ0n) is 12.7. The molecule has 18 heavy (non-hydrogen) atoms. The molecule has 0 aromatic carbocycles. The van der Waals surface area contributed by atoms with Crippen LogP contribution in [0.4, 0.5) is 0 Å². The first kappa shape index (κ1) is 14.3. The minimum absolute atomic E-state index is 0.0892. The van der Waals surface area contributed by atoms with Gasteiger partial charge in [-0.15, -0.1) is 0 Å². The summed E-state index contributed by atoms with van der Waals surface area (Å²) >= 11 is 0. The number of likely N-dealkylation sites (tertiary alicyclic amines) is 1. The molecule has 2 rings (SSSR count). The number of nitrogens with zero attached hydrogens (tertiary/aromatic N) is 1. The molecule has 0 aromatic heterocycles. The summed E-state index contributed by atoms with van der Waals surface area (Å²) in [6.45, 7) is 11.8. The second kappa shape index (κ2) is 5.50. The van der Waals surface area contributed by atoms with Crippen LogP contribution in [0.25, 0.3) is 0 Å². The Hall–Kier alpha value is -0.0800. The Morgan fingerprint density at radius 1 is 1.11 bits per heavy atom. The summed E-state index contributed by atoms with van der Waals surface area (Å²) in [7, 11) is 0. The highest BCUT2D eigenvalue weighted by atomic mass is 16.3. The van der Waals surface area contributed by atoms with Gasteiger partial charge < -0.3 is 5.11 Å². The molecule has 2 nitrogen and oxygen atoms in total. The average molecular weight is 253 g/mol. The minimum Gasteiger partial charge on any atom is -0.391 e. The van der Waals surface area contributed by atoms with Crippen LogP contribution in [0, 0.1) is 17.3 Å². The van der Waals surface area contributed by atoms with Gasteiger partial charge in [-0.1, -0.05) is 27.7 Å². The summed E-state index contributed by atoms with van der Waals surface area (Å²) in [6, 6.07) is 0.418. The number of hydrogen-bond donors (Lipinski definition) is 1. The fourth-order valence-corrected chi connectivity index (χ4v) is 3.83. The molecule has 0 spiro atoms. The van der Waals surface area contributed by atoms with Gasteiger partial charge >= 0.3 is 0 Å². The Labute approximate surface area is 113 Å². The Balaban J connectivity index is 1.92. The molecule has 2 unspecified atom stereocenters. The first-order valence-electron chi connectivity index (χ1n) is 7.81. The van der Waals surface area contributed by atoms with Crippen molar-refractivity contribution in [1.82, 2.24) is 4.90 Å². The predicted octanol–water partition coefficient (Wildman–Crippen LogP) is 3.29. The molecular formula is C16H31NO. The number of aliphatic hydroxyl groups is 1. The molecule has 1 saturated carbocycles. The molecular weight excluding hydrogens is 222 g/mol. The van der Waals surface area contributed by atoms with Crippen LogP contribution in [-0.4, -0.2) is 35.2 Å². The molecule has 2 atom stereocenters. The lowest BCUT2D eigenvalue weighted by Crippen LogP contribution is -2.52. The van der Waals surface area contributed by atoms with Crippen LogP contribution in [-0.2, 0) is 0 Å². The predicted molar refractivity (Wildman–Crippen MR) is 76.6 cm³/mol. The Bertz CT molecular complexity index is 266. The van der Waals surface area contributed by atoms with Crippen molar-refractivity contribution in [1.29, 1.82) is 0 Å². The molecule has 0 bridgehead atoms. The third kappa shape index (κ3) is 3.27. The molecule has 0 amide bonds. The molecule has 1 N–H and O–H groups in total. The zero-order valence-corrected chi connectivity index (χ0v) is 12.7. The summed E-state index contributed by atoms with van der Waals surface area (Å²) in [5.74, 6) is 1.72. The number of aliphatic hydroxyl groups excluding tert-OH is 1. The Kier molecular flexibility index (Phi) is 4.38. The smallest absolute Gasteiger partial charge is 0.0695 e. The van der Waals surface area contributed by atoms with E-state index in [1.807, 2.05) is 0 Å². The van der Waals surface area contributed by atoms with Gasteiger partial charge in [0, 0.05) is 6.04 Å². The first-order valence-corrected chi connectivity index (χ1v) is 7.81. The van der Waals surface area contributed by atoms with E-state index in [1.54, 1.807) is 0 Å². The van der Waals surface area contributed by atoms with Crippen LogP contribution in [0.3, 0.4) is 0 Å². The van der Waals surface area contributed by atoms with E-state index in [1.165, 1.54) is 38.8 Å². The Morgan fingerprint density at radius 3 is 2.28 bits per heavy atom. The van der Waals surface area contributed by atoms with E-state index in [9.17, 15) is 5.11 Å². The summed E-state index contributed by atoms with van der Waals surface area (Å²) in [4.78, 5) is 2.57. The van der Waals surface area contributed by atoms with Crippen LogP contribution < -0.4 is 0 Å². The van der Waals surface area contributed by atoms with Crippen LogP contribution >= 0.6 is 0 Å². The van der Waals surface area contributed by atoms with E-state index in [0.29, 0.717) is 11.5 Å². The molecule has 1 aliphatic carbocycles. The largest absolute Gasteiger partial charge is 0.391 e. The maximum Gasteiger partial charge on any atom is 0.0695 e. The van der Waals surface area contributed by atoms with E-state index in [-0.39, 0.29) is 6.10 Å². The lowest BCUT2D eigenvalue weighted by atomic mass is 9.72. The molecule has 1 heterocycles. The quantitative estimate of drug-likeness (QED) is 0.816. The lowest BCUT2D eigenvalue weighted by molar-refractivity contribution is -0.0312. The number of piperidine rings is 1. The van der Waals surface area contributed by atoms with Crippen molar-refractivity contribution in [3.05, 3.63) is 0 Å². The van der Waals surface area contributed by atoms with Gasteiger partial charge in [-0.2, -0.15) is 0 Å². The van der Waals surface area contributed by atoms with Crippen LogP contribution in [0.2, 0.25) is 0 Å². The van der Waals surface area contributed by atoms with Crippen molar-refractivity contribution in [2.45, 2.75) is 71.9 Å². The molecule has 2 heteroatoms. The highest BCUT2D eigenvalue weighted by Gasteiger charge is 2.38. The van der Waals surface area contributed by atoms with Gasteiger partial charge in [-0.25, -0.2) is 0 Å². The van der Waals surface area contributed by atoms with E-state index in [2.05, 4.69) is 32.6 Å². The maximum absolute atomic E-state index is 10.3. The maximum atomic E-state index is 10.3. The number of rotatable bonds is 2. The van der Waals surface area contributed by atoms with Crippen molar-refractivity contribution in [2.75, 3.05) is 13.1 Å². The number of hydrogen-bond acceptors (Lipinski definition) is 2. The molecule has 1 saturated heterocycles. The molecule has 2 aliphatic rings. The monoisotopic (exact) mass is 253 g/mol. The summed E-state index contributed by atoms with van der Waals surface area (Å²) in [5, 5.41) is 10.3. The van der Waals surface area contributed by atoms with Gasteiger partial charge in [0.1, 0.15) is 0 Å². The molecule has 0 aromatic rings. The lowest BCUT2D eigenvalue weighted by Gasteiger charge is -2.46. The van der Waals surface area contributed by atoms with Crippen LogP contribution in [0.15, 0.2) is 0 Å². The summed E-state index contributed by atoms with van der Waals surface area (Å²) in [5.41, 5.74) is 0.415. The van der Waals surface area contributed by atoms with E-state index < -0.39 is 0 Å². The first-order chi connectivity index (χ1) is 8.39. The minimum atomic E-state index is -0.0892. The topological polar surface area (TPSA) is 23.5 Å². The third-order valence-corrected chi connectivity index (χ3v) is 5.31. The average Bonchev–Trinajstić information content (AvgIpc) is 2.32. The normalized spacial score (nSPS) is 35.0. The van der Waals surface area contributed by atoms with Crippen LogP contribution in [0.1, 0.15) is 59.8 Å². The summed E-state index contributed by atoms with van der Waals surface area (Å²) < 4.78 is 0. The van der Waals surface area contributed by atoms with Crippen molar-refractivity contribution in [3.63, 3.8) is 0 Å². The Morgan fingerprint density at radius 2 is 1.72 bits per heavy atom. The van der Waals surface area contributed by atoms with Crippen molar-refractivity contribution in [2.24, 2.45) is 17.3 Å². The van der Waals surface area contributed by atoms with Crippen molar-refractivity contribution in [3.8, 4) is 0 Å². The van der Waals surface area contributed by atoms with E-state index in [0.717, 1.165) is 18.3 Å². The van der Waals surface area contributed by atoms with E-state index in [4.69, 9.17) is 0 Å². The second-order valence-electron chi connectivity index (χ2n) is 7.66. The standard InChI is InChI=1S/C16H31NO/c1-12(2)13-6-9-17(10-7-13)14-11-16(3,4)8-5-15(14)18/h12-15,18H,5-11H2,1-4H3. The summed E-state index contributed by atoms with van der Waals surface area (Å²) in [6.07, 6.45) is 5.88. The van der Waals surface area contributed by atoms with Crippen LogP contribution in [0.5, 0.6) is 0 Å². The fourth-order valence-electron chi connectivity index (χ4n) is 3.83. The molecule has 1 aliphatic heterocycles. The van der Waals surface area contributed by atoms with Gasteiger partial charge in [0.2, 0.25) is 0 Å². The van der Waals surface area contributed by atoms with Gasteiger partial charge in [0.05, 0.1) is 6.10 Å². The SMILES string of the molecule is CC(C)C1CCN(C2CC(C)(C)CCC2O)CC1. The molecule has 106 valence electrons. The van der Waals surface area contributed by atoms with Gasteiger partial charge in [-0.3, -0.25) is 4.90 Å². The van der Waals surface area contributed by atoms with Crippen molar-refractivity contribution >= 4 is 0 Å². The van der Waals surface area contributed by atoms with Gasteiger partial charge in [-0.05, 0) is 62.4 Å². The molecule has 0 radical (unpaired) electrons. The highest BCUT2D eigenvalue weighted by Crippen LogP contribution is 2.39.